The van der Waals surface area contributed by atoms with Gasteiger partial charge >= 0.3 is 0 Å². The van der Waals surface area contributed by atoms with Crippen LogP contribution in [0.2, 0.25) is 5.02 Å². The van der Waals surface area contributed by atoms with E-state index in [1.807, 2.05) is 65.6 Å². The maximum absolute atomic E-state index is 13.7. The largest absolute Gasteiger partial charge is 0.497 e. The van der Waals surface area contributed by atoms with Crippen LogP contribution in [-0.2, 0) is 6.54 Å². The van der Waals surface area contributed by atoms with Gasteiger partial charge in [0.2, 0.25) is 0 Å². The first-order chi connectivity index (χ1) is 17.1. The number of rotatable bonds is 6. The summed E-state index contributed by atoms with van der Waals surface area (Å²) in [7, 11) is 1.64. The number of amides is 1. The molecule has 178 valence electrons. The number of para-hydroxylation sites is 1. The maximum Gasteiger partial charge on any atom is 0.272 e. The van der Waals surface area contributed by atoms with Crippen molar-refractivity contribution in [2.24, 2.45) is 0 Å². The monoisotopic (exact) mass is 486 g/mol. The van der Waals surface area contributed by atoms with Gasteiger partial charge in [0, 0.05) is 38.3 Å². The highest BCUT2D eigenvalue weighted by Crippen LogP contribution is 2.27. The summed E-state index contributed by atoms with van der Waals surface area (Å²) in [5.74, 6) is 0.723. The van der Waals surface area contributed by atoms with E-state index in [0.29, 0.717) is 35.2 Å². The molecular formula is C28H27ClN4O2. The molecule has 1 aromatic heterocycles. The van der Waals surface area contributed by atoms with Crippen LogP contribution in [0, 0.1) is 0 Å². The van der Waals surface area contributed by atoms with Gasteiger partial charge < -0.3 is 9.64 Å². The van der Waals surface area contributed by atoms with Crippen molar-refractivity contribution in [1.82, 2.24) is 19.6 Å². The molecule has 1 amide bonds. The Bertz CT molecular complexity index is 1300. The molecule has 5 rings (SSSR count). The molecule has 2 heterocycles. The third-order valence-corrected chi connectivity index (χ3v) is 6.62. The Morgan fingerprint density at radius 3 is 2.29 bits per heavy atom. The fraction of sp³-hybridized carbons (Fsp3) is 0.214. The summed E-state index contributed by atoms with van der Waals surface area (Å²) in [5, 5.41) is 5.33. The van der Waals surface area contributed by atoms with Crippen LogP contribution >= 0.6 is 11.6 Å². The summed E-state index contributed by atoms with van der Waals surface area (Å²) in [6.45, 7) is 3.87. The molecule has 4 aromatic rings. The van der Waals surface area contributed by atoms with Crippen LogP contribution in [0.25, 0.3) is 16.9 Å². The minimum Gasteiger partial charge on any atom is -0.497 e. The average Bonchev–Trinajstić information content (AvgIpc) is 3.35. The highest BCUT2D eigenvalue weighted by molar-refractivity contribution is 6.32. The zero-order valence-electron chi connectivity index (χ0n) is 19.6. The molecule has 0 saturated carbocycles. The van der Waals surface area contributed by atoms with E-state index < -0.39 is 0 Å². The van der Waals surface area contributed by atoms with E-state index in [-0.39, 0.29) is 5.91 Å². The zero-order valence-corrected chi connectivity index (χ0v) is 20.4. The van der Waals surface area contributed by atoms with Crippen LogP contribution in [0.1, 0.15) is 16.1 Å². The number of carbonyl (C=O) groups excluding carboxylic acids is 1. The molecule has 1 saturated heterocycles. The molecule has 0 spiro atoms. The van der Waals surface area contributed by atoms with Gasteiger partial charge in [-0.2, -0.15) is 5.10 Å². The molecule has 0 N–H and O–H groups in total. The molecule has 1 aliphatic rings. The number of halogens is 1. The van der Waals surface area contributed by atoms with Gasteiger partial charge in [-0.05, 0) is 48.0 Å². The Kier molecular flexibility index (Phi) is 6.84. The van der Waals surface area contributed by atoms with Crippen LogP contribution < -0.4 is 4.74 Å². The molecule has 1 aliphatic heterocycles. The average molecular weight is 487 g/mol. The Morgan fingerprint density at radius 2 is 1.60 bits per heavy atom. The molecule has 1 fully saturated rings. The zero-order chi connectivity index (χ0) is 24.2. The highest BCUT2D eigenvalue weighted by Gasteiger charge is 2.27. The van der Waals surface area contributed by atoms with Crippen molar-refractivity contribution in [3.05, 3.63) is 101 Å². The topological polar surface area (TPSA) is 50.6 Å². The fourth-order valence-electron chi connectivity index (χ4n) is 4.36. The first-order valence-corrected chi connectivity index (χ1v) is 12.0. The number of carbonyl (C=O) groups is 1. The normalized spacial score (nSPS) is 14.2. The second-order valence-corrected chi connectivity index (χ2v) is 8.97. The highest BCUT2D eigenvalue weighted by atomic mass is 35.5. The molecule has 0 atom stereocenters. The molecule has 7 heteroatoms. The molecule has 6 nitrogen and oxygen atoms in total. The second kappa shape index (κ2) is 10.3. The van der Waals surface area contributed by atoms with Crippen molar-refractivity contribution in [2.75, 3.05) is 33.3 Å². The van der Waals surface area contributed by atoms with E-state index in [1.165, 1.54) is 5.56 Å². The second-order valence-electron chi connectivity index (χ2n) is 8.56. The first kappa shape index (κ1) is 23.1. The summed E-state index contributed by atoms with van der Waals surface area (Å²) in [5.41, 5.74) is 4.07. The van der Waals surface area contributed by atoms with E-state index in [1.54, 1.807) is 11.8 Å². The van der Waals surface area contributed by atoms with Crippen LogP contribution in [0.3, 0.4) is 0 Å². The van der Waals surface area contributed by atoms with E-state index in [9.17, 15) is 4.79 Å². The summed E-state index contributed by atoms with van der Waals surface area (Å²) >= 11 is 6.50. The van der Waals surface area contributed by atoms with Crippen molar-refractivity contribution in [2.45, 2.75) is 6.54 Å². The molecule has 35 heavy (non-hydrogen) atoms. The molecule has 0 unspecified atom stereocenters. The number of hydrogen-bond donors (Lipinski definition) is 0. The third-order valence-electron chi connectivity index (χ3n) is 6.30. The summed E-state index contributed by atoms with van der Waals surface area (Å²) in [6.07, 6.45) is 0. The third kappa shape index (κ3) is 5.09. The number of benzene rings is 3. The van der Waals surface area contributed by atoms with Gasteiger partial charge in [-0.3, -0.25) is 9.69 Å². The molecular weight excluding hydrogens is 460 g/mol. The maximum atomic E-state index is 13.7. The van der Waals surface area contributed by atoms with Gasteiger partial charge in [-0.25, -0.2) is 4.68 Å². The number of hydrogen-bond acceptors (Lipinski definition) is 4. The summed E-state index contributed by atoms with van der Waals surface area (Å²) in [4.78, 5) is 18.0. The van der Waals surface area contributed by atoms with Crippen molar-refractivity contribution >= 4 is 17.5 Å². The van der Waals surface area contributed by atoms with Crippen LogP contribution in [0.15, 0.2) is 84.9 Å². The predicted octanol–water partition coefficient (Wildman–Crippen LogP) is 5.16. The lowest BCUT2D eigenvalue weighted by Gasteiger charge is -2.34. The Labute approximate surface area is 210 Å². The fourth-order valence-corrected chi connectivity index (χ4v) is 4.57. The Morgan fingerprint density at radius 1 is 0.914 bits per heavy atom. The Hall–Kier alpha value is -3.61. The number of aromatic nitrogens is 2. The summed E-state index contributed by atoms with van der Waals surface area (Å²) in [6, 6.07) is 27.4. The van der Waals surface area contributed by atoms with Gasteiger partial charge in [-0.15, -0.1) is 0 Å². The molecule has 0 aliphatic carbocycles. The van der Waals surface area contributed by atoms with Gasteiger partial charge in [-0.1, -0.05) is 54.1 Å². The van der Waals surface area contributed by atoms with Gasteiger partial charge in [0.15, 0.2) is 0 Å². The van der Waals surface area contributed by atoms with Crippen molar-refractivity contribution in [1.29, 1.82) is 0 Å². The minimum atomic E-state index is -0.0449. The van der Waals surface area contributed by atoms with Crippen LogP contribution in [-0.4, -0.2) is 58.8 Å². The van der Waals surface area contributed by atoms with Gasteiger partial charge in [0.05, 0.1) is 23.5 Å². The lowest BCUT2D eigenvalue weighted by atomic mass is 10.1. The first-order valence-electron chi connectivity index (χ1n) is 11.7. The number of piperazine rings is 1. The lowest BCUT2D eigenvalue weighted by molar-refractivity contribution is 0.0619. The SMILES string of the molecule is COc1ccc(-c2cc(C(=O)N3CCN(Cc4ccccc4)CC3)n(-c3ccccc3Cl)n2)cc1. The standard InChI is InChI=1S/C28H27ClN4O2/c1-35-23-13-11-22(12-14-23)25-19-27(33(30-25)26-10-6-5-9-24(26)29)28(34)32-17-15-31(16-18-32)20-21-7-3-2-4-8-21/h2-14,19H,15-18,20H2,1H3. The predicted molar refractivity (Wildman–Crippen MR) is 138 cm³/mol. The number of ether oxygens (including phenoxy) is 1. The smallest absolute Gasteiger partial charge is 0.272 e. The minimum absolute atomic E-state index is 0.0449. The van der Waals surface area contributed by atoms with Crippen LogP contribution in [0.4, 0.5) is 0 Å². The van der Waals surface area contributed by atoms with E-state index in [4.69, 9.17) is 21.4 Å². The van der Waals surface area contributed by atoms with Crippen molar-refractivity contribution in [3.8, 4) is 22.7 Å². The summed E-state index contributed by atoms with van der Waals surface area (Å²) < 4.78 is 6.94. The molecule has 0 radical (unpaired) electrons. The van der Waals surface area contributed by atoms with E-state index >= 15 is 0 Å². The van der Waals surface area contributed by atoms with Gasteiger partial charge in [0.25, 0.3) is 5.91 Å². The lowest BCUT2D eigenvalue weighted by Crippen LogP contribution is -2.48. The van der Waals surface area contributed by atoms with Crippen molar-refractivity contribution < 1.29 is 9.53 Å². The van der Waals surface area contributed by atoms with Crippen molar-refractivity contribution in [3.63, 3.8) is 0 Å². The Balaban J connectivity index is 1.40. The molecule has 3 aromatic carbocycles. The number of methoxy groups -OCH3 is 1. The van der Waals surface area contributed by atoms with Gasteiger partial charge in [0.1, 0.15) is 11.4 Å². The number of nitrogens with zero attached hydrogens (tertiary/aromatic N) is 4. The molecule has 0 bridgehead atoms. The quantitative estimate of drug-likeness (QED) is 0.378. The van der Waals surface area contributed by atoms with Crippen LogP contribution in [0.5, 0.6) is 5.75 Å². The van der Waals surface area contributed by atoms with E-state index in [0.717, 1.165) is 30.9 Å². The van der Waals surface area contributed by atoms with E-state index in [2.05, 4.69) is 29.2 Å².